The van der Waals surface area contributed by atoms with Gasteiger partial charge in [-0.15, -0.1) is 11.3 Å². The van der Waals surface area contributed by atoms with Crippen LogP contribution in [0.15, 0.2) is 6.07 Å². The molecule has 1 heterocycles. The van der Waals surface area contributed by atoms with Gasteiger partial charge in [-0.25, -0.2) is 4.79 Å². The molecule has 1 saturated carbocycles. The Balaban J connectivity index is 2.22. The maximum Gasteiger partial charge on any atom is 0.348 e. The fourth-order valence-corrected chi connectivity index (χ4v) is 3.51. The molecule has 0 bridgehead atoms. The van der Waals surface area contributed by atoms with E-state index in [2.05, 4.69) is 26.1 Å². The maximum absolute atomic E-state index is 11.4. The lowest BCUT2D eigenvalue weighted by atomic mass is 9.93. The Kier molecular flexibility index (Phi) is 4.19. The van der Waals surface area contributed by atoms with Crippen LogP contribution in [0.4, 0.5) is 5.69 Å². The molecule has 1 aliphatic rings. The predicted octanol–water partition coefficient (Wildman–Crippen LogP) is 4.49. The van der Waals surface area contributed by atoms with Gasteiger partial charge < -0.3 is 10.4 Å². The van der Waals surface area contributed by atoms with E-state index >= 15 is 0 Å². The molecule has 1 aliphatic carbocycles. The summed E-state index contributed by atoms with van der Waals surface area (Å²) in [5.41, 5.74) is 0.816. The number of aromatic carboxylic acids is 1. The Morgan fingerprint density at radius 1 is 1.32 bits per heavy atom. The molecule has 0 spiro atoms. The fraction of sp³-hybridized carbons (Fsp3) is 0.667. The van der Waals surface area contributed by atoms with E-state index in [1.165, 1.54) is 30.6 Å². The van der Waals surface area contributed by atoms with Crippen molar-refractivity contribution in [3.8, 4) is 0 Å². The molecule has 0 radical (unpaired) electrons. The molecule has 2 N–H and O–H groups in total. The zero-order chi connectivity index (χ0) is 14.0. The summed E-state index contributed by atoms with van der Waals surface area (Å²) in [6, 6.07) is 2.47. The molecule has 0 saturated heterocycles. The highest BCUT2D eigenvalue weighted by atomic mass is 32.1. The molecule has 0 aromatic carbocycles. The SMILES string of the molecule is CC(C)(C)c1cc(NC2CCCCC2)c(C(=O)O)s1. The molecule has 0 atom stereocenters. The van der Waals surface area contributed by atoms with Crippen LogP contribution in [0.3, 0.4) is 0 Å². The molecule has 4 heteroatoms. The number of hydrogen-bond donors (Lipinski definition) is 2. The van der Waals surface area contributed by atoms with Gasteiger partial charge in [0.2, 0.25) is 0 Å². The van der Waals surface area contributed by atoms with E-state index < -0.39 is 5.97 Å². The number of hydrogen-bond acceptors (Lipinski definition) is 3. The van der Waals surface area contributed by atoms with Crippen molar-refractivity contribution in [2.75, 3.05) is 5.32 Å². The van der Waals surface area contributed by atoms with Gasteiger partial charge in [-0.3, -0.25) is 0 Å². The van der Waals surface area contributed by atoms with E-state index in [0.29, 0.717) is 10.9 Å². The summed E-state index contributed by atoms with van der Waals surface area (Å²) in [5.74, 6) is -0.821. The second-order valence-corrected chi connectivity index (χ2v) is 7.44. The fourth-order valence-electron chi connectivity index (χ4n) is 2.49. The van der Waals surface area contributed by atoms with Crippen molar-refractivity contribution in [3.63, 3.8) is 0 Å². The number of carboxylic acid groups (broad SMARTS) is 1. The van der Waals surface area contributed by atoms with Gasteiger partial charge in [0.1, 0.15) is 4.88 Å². The van der Waals surface area contributed by atoms with Crippen molar-refractivity contribution >= 4 is 23.0 Å². The van der Waals surface area contributed by atoms with Gasteiger partial charge in [0.05, 0.1) is 5.69 Å². The minimum atomic E-state index is -0.821. The van der Waals surface area contributed by atoms with Gasteiger partial charge in [-0.1, -0.05) is 40.0 Å². The first-order chi connectivity index (χ1) is 8.88. The molecule has 3 nitrogen and oxygen atoms in total. The average Bonchev–Trinajstić information content (AvgIpc) is 2.74. The quantitative estimate of drug-likeness (QED) is 0.858. The van der Waals surface area contributed by atoms with E-state index in [-0.39, 0.29) is 5.41 Å². The number of carbonyl (C=O) groups is 1. The van der Waals surface area contributed by atoms with Crippen LogP contribution in [0.25, 0.3) is 0 Å². The zero-order valence-electron chi connectivity index (χ0n) is 12.0. The highest BCUT2D eigenvalue weighted by Crippen LogP contribution is 2.36. The van der Waals surface area contributed by atoms with Crippen LogP contribution in [0.5, 0.6) is 0 Å². The van der Waals surface area contributed by atoms with E-state index in [4.69, 9.17) is 0 Å². The summed E-state index contributed by atoms with van der Waals surface area (Å²) in [7, 11) is 0. The highest BCUT2D eigenvalue weighted by molar-refractivity contribution is 7.14. The van der Waals surface area contributed by atoms with Crippen LogP contribution in [0.1, 0.15) is 67.4 Å². The first-order valence-corrected chi connectivity index (χ1v) is 7.83. The molecule has 0 amide bonds. The zero-order valence-corrected chi connectivity index (χ0v) is 12.8. The maximum atomic E-state index is 11.4. The first kappa shape index (κ1) is 14.4. The summed E-state index contributed by atoms with van der Waals surface area (Å²) < 4.78 is 0. The molecule has 1 aromatic rings. The Bertz CT molecular complexity index is 453. The molecule has 2 rings (SSSR count). The van der Waals surface area contributed by atoms with Crippen LogP contribution in [0.2, 0.25) is 0 Å². The van der Waals surface area contributed by atoms with Gasteiger partial charge in [-0.2, -0.15) is 0 Å². The van der Waals surface area contributed by atoms with Crippen LogP contribution in [-0.4, -0.2) is 17.1 Å². The average molecular weight is 281 g/mol. The van der Waals surface area contributed by atoms with Gasteiger partial charge >= 0.3 is 5.97 Å². The second-order valence-electron chi connectivity index (χ2n) is 6.39. The third-order valence-corrected chi connectivity index (χ3v) is 5.18. The number of thiophene rings is 1. The van der Waals surface area contributed by atoms with Crippen LogP contribution in [-0.2, 0) is 5.41 Å². The second kappa shape index (κ2) is 5.53. The van der Waals surface area contributed by atoms with Gasteiger partial charge in [0.15, 0.2) is 0 Å². The Morgan fingerprint density at radius 3 is 2.47 bits per heavy atom. The van der Waals surface area contributed by atoms with Crippen molar-refractivity contribution in [1.29, 1.82) is 0 Å². The number of carboxylic acids is 1. The monoisotopic (exact) mass is 281 g/mol. The van der Waals surface area contributed by atoms with Gasteiger partial charge in [-0.05, 0) is 24.3 Å². The molecule has 0 aliphatic heterocycles. The van der Waals surface area contributed by atoms with Gasteiger partial charge in [0, 0.05) is 10.9 Å². The van der Waals surface area contributed by atoms with Crippen molar-refractivity contribution in [2.24, 2.45) is 0 Å². The lowest BCUT2D eigenvalue weighted by Crippen LogP contribution is -2.22. The van der Waals surface area contributed by atoms with Crippen molar-refractivity contribution in [3.05, 3.63) is 15.8 Å². The molecule has 0 unspecified atom stereocenters. The molecule has 19 heavy (non-hydrogen) atoms. The van der Waals surface area contributed by atoms with Gasteiger partial charge in [0.25, 0.3) is 0 Å². The van der Waals surface area contributed by atoms with E-state index in [1.54, 1.807) is 0 Å². The molecular formula is C15H23NO2S. The van der Waals surface area contributed by atoms with Crippen molar-refractivity contribution in [1.82, 2.24) is 0 Å². The minimum absolute atomic E-state index is 0.00135. The van der Waals surface area contributed by atoms with E-state index in [1.807, 2.05) is 6.07 Å². The summed E-state index contributed by atoms with van der Waals surface area (Å²) in [5, 5.41) is 12.8. The first-order valence-electron chi connectivity index (χ1n) is 7.02. The van der Waals surface area contributed by atoms with Crippen LogP contribution < -0.4 is 5.32 Å². The summed E-state index contributed by atoms with van der Waals surface area (Å²) >= 11 is 1.40. The summed E-state index contributed by atoms with van der Waals surface area (Å²) in [6.45, 7) is 6.36. The molecule has 106 valence electrons. The third kappa shape index (κ3) is 3.50. The van der Waals surface area contributed by atoms with Crippen LogP contribution >= 0.6 is 11.3 Å². The lowest BCUT2D eigenvalue weighted by molar-refractivity contribution is 0.0703. The summed E-state index contributed by atoms with van der Waals surface area (Å²) in [6.07, 6.45) is 6.10. The third-order valence-electron chi connectivity index (χ3n) is 3.63. The molecule has 1 aromatic heterocycles. The minimum Gasteiger partial charge on any atom is -0.477 e. The topological polar surface area (TPSA) is 49.3 Å². The molecule has 1 fully saturated rings. The van der Waals surface area contributed by atoms with E-state index in [0.717, 1.165) is 23.4 Å². The standard InChI is InChI=1S/C15H23NO2S/c1-15(2,3)12-9-11(13(19-12)14(17)18)16-10-7-5-4-6-8-10/h9-10,16H,4-8H2,1-3H3,(H,17,18). The van der Waals surface area contributed by atoms with Crippen molar-refractivity contribution < 1.29 is 9.90 Å². The van der Waals surface area contributed by atoms with Crippen LogP contribution in [0, 0.1) is 0 Å². The largest absolute Gasteiger partial charge is 0.477 e. The van der Waals surface area contributed by atoms with E-state index in [9.17, 15) is 9.90 Å². The Morgan fingerprint density at radius 2 is 1.95 bits per heavy atom. The predicted molar refractivity (Wildman–Crippen MR) is 80.5 cm³/mol. The van der Waals surface area contributed by atoms with Crippen molar-refractivity contribution in [2.45, 2.75) is 64.3 Å². The number of nitrogens with one attached hydrogen (secondary N) is 1. The molecular weight excluding hydrogens is 258 g/mol. The number of anilines is 1. The summed E-state index contributed by atoms with van der Waals surface area (Å²) in [4.78, 5) is 13.0. The Hall–Kier alpha value is -1.03. The number of rotatable bonds is 3. The smallest absolute Gasteiger partial charge is 0.348 e. The Labute approximate surface area is 119 Å². The lowest BCUT2D eigenvalue weighted by Gasteiger charge is -2.23. The normalized spacial score (nSPS) is 17.4. The highest BCUT2D eigenvalue weighted by Gasteiger charge is 2.24.